The number of ether oxygens (including phenoxy) is 2. The van der Waals surface area contributed by atoms with E-state index in [0.29, 0.717) is 31.6 Å². The molecule has 12 heteroatoms. The Bertz CT molecular complexity index is 1520. The van der Waals surface area contributed by atoms with Gasteiger partial charge < -0.3 is 30.2 Å². The number of carboxylic acid groups (broad SMARTS) is 1. The largest absolute Gasteiger partial charge is 0.492 e. The van der Waals surface area contributed by atoms with Crippen molar-refractivity contribution in [2.45, 2.75) is 18.9 Å². The van der Waals surface area contributed by atoms with Crippen molar-refractivity contribution in [1.82, 2.24) is 4.98 Å². The maximum atomic E-state index is 15.4. The van der Waals surface area contributed by atoms with Gasteiger partial charge in [0.1, 0.15) is 11.3 Å². The molecule has 5 rings (SSSR count). The van der Waals surface area contributed by atoms with Crippen LogP contribution in [0.3, 0.4) is 0 Å². The van der Waals surface area contributed by atoms with E-state index in [1.165, 1.54) is 12.0 Å². The Kier molecular flexibility index (Phi) is 5.94. The van der Waals surface area contributed by atoms with Crippen molar-refractivity contribution in [2.24, 2.45) is 5.73 Å². The SMILES string of the molecule is COc1c(N2CCc3ccc(N4C[C@H](C(N)=O)OC4=O)cc3CC2)c(F)cc2c(=O)c(C(=O)O)c[nH]c12. The summed E-state index contributed by atoms with van der Waals surface area (Å²) in [7, 11) is 1.36. The summed E-state index contributed by atoms with van der Waals surface area (Å²) in [6.45, 7) is 0.874. The van der Waals surface area contributed by atoms with E-state index in [-0.39, 0.29) is 28.9 Å². The third kappa shape index (κ3) is 4.09. The Balaban J connectivity index is 1.46. The number of aromatic nitrogens is 1. The van der Waals surface area contributed by atoms with Crippen LogP contribution in [0.25, 0.3) is 10.9 Å². The molecule has 0 radical (unpaired) electrons. The van der Waals surface area contributed by atoms with E-state index in [9.17, 15) is 24.3 Å². The molecule has 0 saturated carbocycles. The fourth-order valence-electron chi connectivity index (χ4n) is 4.87. The summed E-state index contributed by atoms with van der Waals surface area (Å²) >= 11 is 0. The Morgan fingerprint density at radius 2 is 1.92 bits per heavy atom. The molecule has 1 fully saturated rings. The number of aromatic amines is 1. The summed E-state index contributed by atoms with van der Waals surface area (Å²) in [5, 5.41) is 9.12. The number of pyridine rings is 1. The molecular weight excluding hydrogens is 487 g/mol. The third-order valence-electron chi connectivity index (χ3n) is 6.74. The molecule has 1 aromatic heterocycles. The highest BCUT2D eigenvalue weighted by Gasteiger charge is 2.36. The molecule has 0 aliphatic carbocycles. The summed E-state index contributed by atoms with van der Waals surface area (Å²) in [5.74, 6) is -2.73. The number of aromatic carboxylic acids is 1. The van der Waals surface area contributed by atoms with E-state index in [2.05, 4.69) is 4.98 Å². The second kappa shape index (κ2) is 9.12. The van der Waals surface area contributed by atoms with Crippen molar-refractivity contribution in [2.75, 3.05) is 36.5 Å². The summed E-state index contributed by atoms with van der Waals surface area (Å²) in [5.41, 5.74) is 6.88. The number of halogens is 1. The number of rotatable bonds is 5. The molecule has 192 valence electrons. The number of fused-ring (bicyclic) bond motifs is 2. The number of carbonyl (C=O) groups is 3. The highest BCUT2D eigenvalue weighted by molar-refractivity contribution is 5.97. The zero-order chi connectivity index (χ0) is 26.4. The fraction of sp³-hybridized carbons (Fsp3) is 0.280. The predicted molar refractivity (Wildman–Crippen MR) is 131 cm³/mol. The lowest BCUT2D eigenvalue weighted by Gasteiger charge is -2.26. The van der Waals surface area contributed by atoms with Gasteiger partial charge in [0.05, 0.1) is 24.6 Å². The molecule has 0 bridgehead atoms. The maximum absolute atomic E-state index is 15.4. The van der Waals surface area contributed by atoms with Crippen LogP contribution < -0.4 is 25.7 Å². The first-order chi connectivity index (χ1) is 17.7. The summed E-state index contributed by atoms with van der Waals surface area (Å²) in [4.78, 5) is 53.5. The Morgan fingerprint density at radius 1 is 1.19 bits per heavy atom. The van der Waals surface area contributed by atoms with Gasteiger partial charge in [-0.15, -0.1) is 0 Å². The van der Waals surface area contributed by atoms with E-state index in [1.54, 1.807) is 6.07 Å². The monoisotopic (exact) mass is 510 g/mol. The molecule has 0 spiro atoms. The van der Waals surface area contributed by atoms with Crippen molar-refractivity contribution < 1.29 is 33.4 Å². The van der Waals surface area contributed by atoms with Gasteiger partial charge in [0.2, 0.25) is 5.43 Å². The van der Waals surface area contributed by atoms with Crippen LogP contribution in [0.2, 0.25) is 0 Å². The van der Waals surface area contributed by atoms with Gasteiger partial charge in [-0.05, 0) is 42.2 Å². The molecule has 11 nitrogen and oxygen atoms in total. The Labute approximate surface area is 209 Å². The molecule has 3 heterocycles. The summed E-state index contributed by atoms with van der Waals surface area (Å²) < 4.78 is 25.9. The first-order valence-corrected chi connectivity index (χ1v) is 11.5. The Morgan fingerprint density at radius 3 is 2.57 bits per heavy atom. The maximum Gasteiger partial charge on any atom is 0.415 e. The molecule has 1 atom stereocenters. The number of carbonyl (C=O) groups excluding carboxylic acids is 2. The van der Waals surface area contributed by atoms with Crippen molar-refractivity contribution in [3.8, 4) is 5.75 Å². The minimum absolute atomic E-state index is 0.0281. The fourth-order valence-corrected chi connectivity index (χ4v) is 4.87. The van der Waals surface area contributed by atoms with E-state index in [1.807, 2.05) is 17.0 Å². The average Bonchev–Trinajstić information content (AvgIpc) is 3.14. The topological polar surface area (TPSA) is 155 Å². The van der Waals surface area contributed by atoms with Crippen LogP contribution in [0.1, 0.15) is 21.5 Å². The van der Waals surface area contributed by atoms with Gasteiger partial charge in [0.15, 0.2) is 17.7 Å². The highest BCUT2D eigenvalue weighted by atomic mass is 19.1. The second-order valence-corrected chi connectivity index (χ2v) is 8.82. The van der Waals surface area contributed by atoms with E-state index in [4.69, 9.17) is 15.2 Å². The van der Waals surface area contributed by atoms with E-state index < -0.39 is 40.9 Å². The zero-order valence-corrected chi connectivity index (χ0v) is 19.7. The average molecular weight is 510 g/mol. The number of anilines is 2. The van der Waals surface area contributed by atoms with Crippen LogP contribution in [-0.4, -0.2) is 60.9 Å². The van der Waals surface area contributed by atoms with Gasteiger partial charge in [0, 0.05) is 25.0 Å². The molecule has 2 aromatic carbocycles. The van der Waals surface area contributed by atoms with Gasteiger partial charge in [-0.3, -0.25) is 14.5 Å². The number of methoxy groups -OCH3 is 1. The third-order valence-corrected chi connectivity index (χ3v) is 6.74. The number of primary amides is 1. The summed E-state index contributed by atoms with van der Waals surface area (Å²) in [6.07, 6.45) is 0.494. The number of cyclic esters (lactones) is 1. The lowest BCUT2D eigenvalue weighted by molar-refractivity contribution is -0.124. The molecule has 0 unspecified atom stereocenters. The number of benzene rings is 2. The molecule has 1 saturated heterocycles. The number of carboxylic acids is 1. The van der Waals surface area contributed by atoms with Crippen molar-refractivity contribution in [3.05, 3.63) is 63.2 Å². The van der Waals surface area contributed by atoms with Gasteiger partial charge in [0.25, 0.3) is 5.91 Å². The van der Waals surface area contributed by atoms with Crippen LogP contribution in [0, 0.1) is 5.82 Å². The number of hydrogen-bond acceptors (Lipinski definition) is 7. The van der Waals surface area contributed by atoms with Gasteiger partial charge in [-0.2, -0.15) is 0 Å². The van der Waals surface area contributed by atoms with Gasteiger partial charge in [-0.1, -0.05) is 6.07 Å². The number of amides is 2. The van der Waals surface area contributed by atoms with Crippen LogP contribution >= 0.6 is 0 Å². The highest BCUT2D eigenvalue weighted by Crippen LogP contribution is 2.38. The molecule has 2 amide bonds. The lowest BCUT2D eigenvalue weighted by atomic mass is 10.0. The number of H-pyrrole nitrogens is 1. The van der Waals surface area contributed by atoms with Crippen molar-refractivity contribution >= 4 is 40.2 Å². The summed E-state index contributed by atoms with van der Waals surface area (Å²) in [6, 6.07) is 6.53. The van der Waals surface area contributed by atoms with E-state index in [0.717, 1.165) is 23.4 Å². The van der Waals surface area contributed by atoms with Gasteiger partial charge in [-0.25, -0.2) is 14.0 Å². The first kappa shape index (κ1) is 24.1. The first-order valence-electron chi connectivity index (χ1n) is 11.5. The van der Waals surface area contributed by atoms with Crippen LogP contribution in [0.5, 0.6) is 5.75 Å². The predicted octanol–water partition coefficient (Wildman–Crippen LogP) is 1.79. The number of hydrogen-bond donors (Lipinski definition) is 3. The van der Waals surface area contributed by atoms with Crippen molar-refractivity contribution in [3.63, 3.8) is 0 Å². The minimum Gasteiger partial charge on any atom is -0.492 e. The normalized spacial score (nSPS) is 17.4. The van der Waals surface area contributed by atoms with Crippen LogP contribution in [0.4, 0.5) is 20.6 Å². The lowest BCUT2D eigenvalue weighted by Crippen LogP contribution is -2.32. The minimum atomic E-state index is -1.41. The molecule has 2 aliphatic rings. The second-order valence-electron chi connectivity index (χ2n) is 8.82. The molecule has 4 N–H and O–H groups in total. The Hall–Kier alpha value is -4.61. The molecule has 3 aromatic rings. The molecular formula is C25H23FN4O7. The molecule has 2 aliphatic heterocycles. The van der Waals surface area contributed by atoms with Crippen molar-refractivity contribution in [1.29, 1.82) is 0 Å². The smallest absolute Gasteiger partial charge is 0.415 e. The standard InChI is InChI=1S/C25H23FN4O7/c1-36-22-19-15(21(31)16(10-28-19)24(33)34)9-17(26)20(22)29-6-4-12-2-3-14(8-13(12)5-7-29)30-11-18(23(27)32)37-25(30)35/h2-3,8-10,18H,4-7,11H2,1H3,(H2,27,32)(H,28,31)(H,33,34)/t18-/m1/s1. The van der Waals surface area contributed by atoms with Gasteiger partial charge >= 0.3 is 12.1 Å². The number of nitrogens with two attached hydrogens (primary N) is 1. The van der Waals surface area contributed by atoms with Crippen LogP contribution in [-0.2, 0) is 22.4 Å². The zero-order valence-electron chi connectivity index (χ0n) is 19.7. The molecule has 37 heavy (non-hydrogen) atoms. The van der Waals surface area contributed by atoms with Crippen LogP contribution in [0.15, 0.2) is 35.3 Å². The quantitative estimate of drug-likeness (QED) is 0.469. The number of nitrogens with one attached hydrogen (secondary N) is 1. The van der Waals surface area contributed by atoms with E-state index >= 15 is 4.39 Å². The number of nitrogens with zero attached hydrogens (tertiary/aromatic N) is 2.